The molecule has 1 aromatic rings. The molecule has 1 aromatic heterocycles. The third kappa shape index (κ3) is 7.00. The number of ether oxygens (including phenoxy) is 1. The van der Waals surface area contributed by atoms with Crippen molar-refractivity contribution in [2.45, 2.75) is 37.0 Å². The summed E-state index contributed by atoms with van der Waals surface area (Å²) in [6.07, 6.45) is -6.22. The lowest BCUT2D eigenvalue weighted by Crippen LogP contribution is -2.55. The first-order valence-electron chi connectivity index (χ1n) is 8.73. The van der Waals surface area contributed by atoms with Crippen LogP contribution in [-0.4, -0.2) is 64.8 Å². The van der Waals surface area contributed by atoms with Gasteiger partial charge >= 0.3 is 29.2 Å². The molecule has 2 rings (SSSR count). The third-order valence-corrected chi connectivity index (χ3v) is 8.08. The van der Waals surface area contributed by atoms with E-state index in [1.165, 1.54) is 0 Å². The number of H-pyrrole nitrogens is 1. The van der Waals surface area contributed by atoms with Crippen molar-refractivity contribution in [1.29, 1.82) is 0 Å². The predicted molar refractivity (Wildman–Crippen MR) is 106 cm³/mol. The smallest absolute Gasteiger partial charge is 0.387 e. The topological polar surface area (TPSA) is 270 Å². The Labute approximate surface area is 188 Å². The van der Waals surface area contributed by atoms with Crippen LogP contribution < -0.4 is 17.0 Å². The van der Waals surface area contributed by atoms with E-state index in [4.69, 9.17) is 20.3 Å². The second-order valence-electron chi connectivity index (χ2n) is 6.69. The van der Waals surface area contributed by atoms with E-state index in [9.17, 15) is 42.6 Å². The van der Waals surface area contributed by atoms with Gasteiger partial charge in [-0.15, -0.1) is 0 Å². The maximum Gasteiger partial charge on any atom is 0.490 e. The summed E-state index contributed by atoms with van der Waals surface area (Å²) in [6.45, 7) is -0.242. The van der Waals surface area contributed by atoms with E-state index in [2.05, 4.69) is 19.1 Å². The molecule has 0 amide bonds. The number of phosphoric acid groups is 3. The average Bonchev–Trinajstić information content (AvgIpc) is 2.88. The number of alkyl halides is 1. The van der Waals surface area contributed by atoms with Gasteiger partial charge in [-0.25, -0.2) is 22.9 Å². The molecule has 192 valence electrons. The number of hydrogen-bond acceptors (Lipinski definition) is 11. The quantitative estimate of drug-likeness (QED) is 0.138. The van der Waals surface area contributed by atoms with E-state index < -0.39 is 71.5 Å². The van der Waals surface area contributed by atoms with Gasteiger partial charge in [0, 0.05) is 12.3 Å². The van der Waals surface area contributed by atoms with Crippen molar-refractivity contribution in [2.75, 3.05) is 6.67 Å². The van der Waals surface area contributed by atoms with Crippen molar-refractivity contribution in [3.8, 4) is 11.8 Å². The van der Waals surface area contributed by atoms with Gasteiger partial charge in [-0.05, 0) is 6.92 Å². The lowest BCUT2D eigenvalue weighted by atomic mass is 9.90. The number of aromatic amines is 1. The van der Waals surface area contributed by atoms with Crippen LogP contribution in [0.3, 0.4) is 0 Å². The lowest BCUT2D eigenvalue weighted by Gasteiger charge is -2.28. The van der Waals surface area contributed by atoms with E-state index in [-0.39, 0.29) is 0 Å². The van der Waals surface area contributed by atoms with Gasteiger partial charge in [-0.1, -0.05) is 11.8 Å². The van der Waals surface area contributed by atoms with Gasteiger partial charge in [-0.3, -0.25) is 18.9 Å². The van der Waals surface area contributed by atoms with Crippen LogP contribution in [0.1, 0.15) is 13.2 Å². The van der Waals surface area contributed by atoms with E-state index >= 15 is 0 Å². The fourth-order valence-electron chi connectivity index (χ4n) is 2.92. The van der Waals surface area contributed by atoms with Crippen molar-refractivity contribution in [3.63, 3.8) is 0 Å². The van der Waals surface area contributed by atoms with Crippen LogP contribution in [0, 0.1) is 11.8 Å². The molecular weight excluding hydrogens is 534 g/mol. The van der Waals surface area contributed by atoms with Crippen LogP contribution in [0.4, 0.5) is 4.39 Å². The number of aliphatic hydroxyl groups is 1. The minimum atomic E-state index is -5.82. The Bertz CT molecular complexity index is 1230. The maximum absolute atomic E-state index is 12.7. The summed E-state index contributed by atoms with van der Waals surface area (Å²) in [4.78, 5) is 61.4. The highest BCUT2D eigenvalue weighted by atomic mass is 31.3. The molecule has 1 fully saturated rings. The summed E-state index contributed by atoms with van der Waals surface area (Å²) in [5, 5.41) is 10.7. The van der Waals surface area contributed by atoms with Crippen molar-refractivity contribution in [1.82, 2.24) is 9.55 Å². The number of nitrogens with one attached hydrogen (secondary N) is 1. The van der Waals surface area contributed by atoms with E-state index in [0.717, 1.165) is 19.2 Å². The Hall–Kier alpha value is -1.54. The number of hydrogen-bond donors (Lipinski definition) is 7. The molecule has 0 bridgehead atoms. The van der Waals surface area contributed by atoms with Gasteiger partial charge in [0.15, 0.2) is 11.8 Å². The number of rotatable bonds is 8. The van der Waals surface area contributed by atoms with Gasteiger partial charge in [0.2, 0.25) is 0 Å². The zero-order chi connectivity index (χ0) is 26.1. The summed E-state index contributed by atoms with van der Waals surface area (Å²) in [6, 6.07) is 0.892. The van der Waals surface area contributed by atoms with Gasteiger partial charge < -0.3 is 35.2 Å². The van der Waals surface area contributed by atoms with Gasteiger partial charge in [0.05, 0.1) is 6.10 Å². The lowest BCUT2D eigenvalue weighted by molar-refractivity contribution is -0.0755. The Balaban J connectivity index is 2.35. The summed E-state index contributed by atoms with van der Waals surface area (Å²) < 4.78 is 64.8. The fourth-order valence-corrected chi connectivity index (χ4v) is 6.12. The second kappa shape index (κ2) is 10.2. The first kappa shape index (κ1) is 28.7. The van der Waals surface area contributed by atoms with Crippen LogP contribution in [0.15, 0.2) is 21.9 Å². The Morgan fingerprint density at radius 2 is 1.88 bits per heavy atom. The first-order valence-corrected chi connectivity index (χ1v) is 13.2. The molecule has 8 N–H and O–H groups in total. The molecular formula is C13H19FN3O14P3. The zero-order valence-electron chi connectivity index (χ0n) is 16.8. The Morgan fingerprint density at radius 3 is 2.41 bits per heavy atom. The molecule has 0 saturated carbocycles. The zero-order valence-corrected chi connectivity index (χ0v) is 19.5. The molecule has 0 spiro atoms. The molecule has 1 aliphatic heterocycles. The monoisotopic (exact) mass is 553 g/mol. The standard InChI is InChI=1S/C13H19FN3O14P3/c1-7(29-33(24,25)31-34(26,27)30-32(21,22)23)9-10(19)13(15,4-2-5-14)11(28-9)17-6-3-8(18)16-12(17)20/h3,6-7,9-11,19H,5,15H2,1H3,(H,24,25)(H,26,27)(H,16,18,20)(H2,21,22,23)/t7-,9+,10-,11+,13?/m0/s1. The highest BCUT2D eigenvalue weighted by Gasteiger charge is 2.57. The second-order valence-corrected chi connectivity index (χ2v) is 11.1. The maximum atomic E-state index is 12.7. The third-order valence-electron chi connectivity index (χ3n) is 4.15. The van der Waals surface area contributed by atoms with Crippen LogP contribution in [0.5, 0.6) is 0 Å². The molecule has 34 heavy (non-hydrogen) atoms. The highest BCUT2D eigenvalue weighted by molar-refractivity contribution is 7.66. The van der Waals surface area contributed by atoms with E-state index in [1.807, 2.05) is 10.9 Å². The number of nitrogens with zero attached hydrogens (tertiary/aromatic N) is 1. The average molecular weight is 553 g/mol. The van der Waals surface area contributed by atoms with Gasteiger partial charge in [0.1, 0.15) is 18.9 Å². The molecule has 0 aromatic carbocycles. The fraction of sp³-hybridized carbons (Fsp3) is 0.538. The van der Waals surface area contributed by atoms with Crippen LogP contribution in [0.2, 0.25) is 0 Å². The van der Waals surface area contributed by atoms with Gasteiger partial charge in [-0.2, -0.15) is 8.62 Å². The van der Waals surface area contributed by atoms with Crippen molar-refractivity contribution in [2.24, 2.45) is 5.73 Å². The highest BCUT2D eigenvalue weighted by Crippen LogP contribution is 2.66. The Morgan fingerprint density at radius 1 is 1.26 bits per heavy atom. The number of aromatic nitrogens is 2. The summed E-state index contributed by atoms with van der Waals surface area (Å²) >= 11 is 0. The van der Waals surface area contributed by atoms with Crippen LogP contribution in [-0.2, 0) is 31.6 Å². The molecule has 21 heteroatoms. The molecule has 1 aliphatic rings. The number of nitrogens with two attached hydrogens (primary N) is 1. The Kier molecular flexibility index (Phi) is 8.62. The normalized spacial score (nSPS) is 29.5. The molecule has 1 saturated heterocycles. The van der Waals surface area contributed by atoms with E-state index in [1.54, 1.807) is 0 Å². The summed E-state index contributed by atoms with van der Waals surface area (Å²) in [5.74, 6) is 4.13. The number of phosphoric ester groups is 1. The largest absolute Gasteiger partial charge is 0.490 e. The molecule has 0 radical (unpaired) electrons. The molecule has 17 nitrogen and oxygen atoms in total. The minimum absolute atomic E-state index is 0.690. The molecule has 3 unspecified atom stereocenters. The SMILES string of the molecule is C[C@H](OP(=O)(O)OP(=O)(O)OP(=O)(O)O)[C@H]1O[C@@H](n2ccc(=O)[nH]c2=O)C(N)(C#CCF)[C@H]1O. The predicted octanol–water partition coefficient (Wildman–Crippen LogP) is -1.80. The minimum Gasteiger partial charge on any atom is -0.387 e. The van der Waals surface area contributed by atoms with Gasteiger partial charge in [0.25, 0.3) is 5.56 Å². The van der Waals surface area contributed by atoms with Crippen molar-refractivity contribution in [3.05, 3.63) is 33.1 Å². The molecule has 2 heterocycles. The first-order chi connectivity index (χ1) is 15.4. The van der Waals surface area contributed by atoms with Crippen LogP contribution in [0.25, 0.3) is 0 Å². The molecule has 0 aliphatic carbocycles. The summed E-state index contributed by atoms with van der Waals surface area (Å²) in [5.41, 5.74) is 1.95. The number of halogens is 1. The summed E-state index contributed by atoms with van der Waals surface area (Å²) in [7, 11) is -17.1. The number of aliphatic hydroxyl groups excluding tert-OH is 1. The van der Waals surface area contributed by atoms with Crippen molar-refractivity contribution >= 4 is 23.5 Å². The van der Waals surface area contributed by atoms with E-state index in [0.29, 0.717) is 4.57 Å². The molecule has 7 atom stereocenters. The van der Waals surface area contributed by atoms with Crippen LogP contribution >= 0.6 is 23.5 Å². The van der Waals surface area contributed by atoms with Crippen molar-refractivity contribution < 1.29 is 60.6 Å².